The molecule has 0 saturated carbocycles. The summed E-state index contributed by atoms with van der Waals surface area (Å²) in [6, 6.07) is 9.74. The van der Waals surface area contributed by atoms with Gasteiger partial charge in [0.25, 0.3) is 11.8 Å². The molecule has 1 atom stereocenters. The first-order valence-electron chi connectivity index (χ1n) is 10.3. The molecule has 0 aliphatic carbocycles. The van der Waals surface area contributed by atoms with E-state index in [1.807, 2.05) is 60.2 Å². The van der Waals surface area contributed by atoms with Crippen LogP contribution in [-0.2, 0) is 16.1 Å². The van der Waals surface area contributed by atoms with Crippen molar-refractivity contribution >= 4 is 17.5 Å². The maximum Gasteiger partial charge on any atom is 0.257 e. The van der Waals surface area contributed by atoms with Crippen molar-refractivity contribution in [2.45, 2.75) is 45.3 Å². The van der Waals surface area contributed by atoms with Gasteiger partial charge in [-0.2, -0.15) is 5.10 Å². The molecule has 1 unspecified atom stereocenters. The lowest BCUT2D eigenvalue weighted by molar-refractivity contribution is -0.140. The van der Waals surface area contributed by atoms with Gasteiger partial charge >= 0.3 is 0 Å². The fourth-order valence-corrected chi connectivity index (χ4v) is 4.29. The highest BCUT2D eigenvalue weighted by Crippen LogP contribution is 2.33. The summed E-state index contributed by atoms with van der Waals surface area (Å²) in [6.07, 6.45) is 4.24. The average Bonchev–Trinajstić information content (AvgIpc) is 3.00. The zero-order valence-electron chi connectivity index (χ0n) is 17.1. The van der Waals surface area contributed by atoms with Crippen LogP contribution < -0.4 is 4.90 Å². The number of amides is 2. The number of carbonyl (C=O) groups is 2. The Kier molecular flexibility index (Phi) is 5.41. The Balaban J connectivity index is 1.48. The molecule has 2 saturated heterocycles. The monoisotopic (exact) mass is 396 g/mol. The van der Waals surface area contributed by atoms with Gasteiger partial charge in [0.05, 0.1) is 23.4 Å². The molecule has 2 aliphatic rings. The van der Waals surface area contributed by atoms with E-state index < -0.39 is 5.60 Å². The van der Waals surface area contributed by atoms with Gasteiger partial charge < -0.3 is 14.5 Å². The van der Waals surface area contributed by atoms with Gasteiger partial charge in [0.15, 0.2) is 0 Å². The highest BCUT2D eigenvalue weighted by atomic mass is 16.5. The van der Waals surface area contributed by atoms with Gasteiger partial charge in [0, 0.05) is 31.5 Å². The summed E-state index contributed by atoms with van der Waals surface area (Å²) in [5, 5.41) is 4.40. The molecular formula is C22H28N4O3. The van der Waals surface area contributed by atoms with E-state index in [4.69, 9.17) is 4.74 Å². The largest absolute Gasteiger partial charge is 0.363 e. The number of para-hydroxylation sites is 1. The maximum absolute atomic E-state index is 13.1. The second-order valence-corrected chi connectivity index (χ2v) is 7.92. The van der Waals surface area contributed by atoms with E-state index in [1.165, 1.54) is 0 Å². The zero-order valence-corrected chi connectivity index (χ0v) is 17.1. The topological polar surface area (TPSA) is 67.7 Å². The number of morpholine rings is 1. The molecule has 154 valence electrons. The number of aryl methyl sites for hydroxylation is 2. The number of ether oxygens (including phenoxy) is 1. The quantitative estimate of drug-likeness (QED) is 0.800. The van der Waals surface area contributed by atoms with Gasteiger partial charge in [-0.15, -0.1) is 0 Å². The van der Waals surface area contributed by atoms with E-state index in [0.717, 1.165) is 37.2 Å². The van der Waals surface area contributed by atoms with Gasteiger partial charge in [0.2, 0.25) is 0 Å². The van der Waals surface area contributed by atoms with Crippen LogP contribution in [0.5, 0.6) is 0 Å². The van der Waals surface area contributed by atoms with E-state index in [0.29, 0.717) is 25.2 Å². The average molecular weight is 396 g/mol. The second-order valence-electron chi connectivity index (χ2n) is 7.92. The lowest BCUT2D eigenvalue weighted by Crippen LogP contribution is -2.55. The Bertz CT molecular complexity index is 895. The number of carbonyl (C=O) groups excluding carboxylic acids is 2. The molecule has 2 aliphatic heterocycles. The van der Waals surface area contributed by atoms with Gasteiger partial charge in [-0.3, -0.25) is 14.3 Å². The third-order valence-electron chi connectivity index (χ3n) is 6.00. The van der Waals surface area contributed by atoms with Crippen molar-refractivity contribution in [2.24, 2.45) is 0 Å². The summed E-state index contributed by atoms with van der Waals surface area (Å²) in [7, 11) is 0. The molecule has 7 nitrogen and oxygen atoms in total. The molecule has 1 aromatic heterocycles. The SMILES string of the molecule is CCn1cc(C(=O)N2CCCC3(CC2)CN(c2ccccc2)C(=O)CO3)c(C)n1. The lowest BCUT2D eigenvalue weighted by atomic mass is 9.92. The molecule has 3 heterocycles. The third-order valence-corrected chi connectivity index (χ3v) is 6.00. The number of rotatable bonds is 3. The molecule has 0 N–H and O–H groups in total. The first kappa shape index (κ1) is 19.6. The Labute approximate surface area is 171 Å². The second kappa shape index (κ2) is 7.99. The number of anilines is 1. The molecule has 2 aromatic rings. The molecule has 2 amide bonds. The number of hydrogen-bond acceptors (Lipinski definition) is 4. The van der Waals surface area contributed by atoms with Crippen LogP contribution in [-0.4, -0.2) is 58.3 Å². The third kappa shape index (κ3) is 3.92. The van der Waals surface area contributed by atoms with E-state index in [2.05, 4.69) is 5.10 Å². The van der Waals surface area contributed by atoms with Gasteiger partial charge in [0.1, 0.15) is 6.61 Å². The molecule has 2 fully saturated rings. The zero-order chi connectivity index (χ0) is 20.4. The van der Waals surface area contributed by atoms with Crippen molar-refractivity contribution < 1.29 is 14.3 Å². The first-order chi connectivity index (χ1) is 14.0. The molecule has 7 heteroatoms. The molecule has 1 aromatic carbocycles. The van der Waals surface area contributed by atoms with E-state index in [9.17, 15) is 9.59 Å². The summed E-state index contributed by atoms with van der Waals surface area (Å²) in [6.45, 7) is 6.57. The summed E-state index contributed by atoms with van der Waals surface area (Å²) in [4.78, 5) is 29.3. The molecule has 0 bridgehead atoms. The molecule has 0 radical (unpaired) electrons. The molecule has 4 rings (SSSR count). The Morgan fingerprint density at radius 1 is 1.21 bits per heavy atom. The van der Waals surface area contributed by atoms with Crippen LogP contribution in [0.15, 0.2) is 36.5 Å². The molecule has 1 spiro atoms. The minimum atomic E-state index is -0.401. The van der Waals surface area contributed by atoms with Crippen LogP contribution in [0, 0.1) is 6.92 Å². The normalized spacial score (nSPS) is 22.8. The van der Waals surface area contributed by atoms with Gasteiger partial charge in [-0.05, 0) is 45.2 Å². The number of nitrogens with zero attached hydrogens (tertiary/aromatic N) is 4. The van der Waals surface area contributed by atoms with Gasteiger partial charge in [-0.1, -0.05) is 18.2 Å². The van der Waals surface area contributed by atoms with Crippen molar-refractivity contribution in [3.05, 3.63) is 47.8 Å². The Morgan fingerprint density at radius 3 is 2.72 bits per heavy atom. The van der Waals surface area contributed by atoms with Crippen molar-refractivity contribution in [2.75, 3.05) is 31.1 Å². The predicted octanol–water partition coefficient (Wildman–Crippen LogP) is 2.64. The number of hydrogen-bond donors (Lipinski definition) is 0. The number of aromatic nitrogens is 2. The number of benzene rings is 1. The summed E-state index contributed by atoms with van der Waals surface area (Å²) >= 11 is 0. The van der Waals surface area contributed by atoms with Crippen molar-refractivity contribution in [1.29, 1.82) is 0 Å². The highest BCUT2D eigenvalue weighted by molar-refractivity contribution is 5.96. The van der Waals surface area contributed by atoms with Crippen molar-refractivity contribution in [1.82, 2.24) is 14.7 Å². The predicted molar refractivity (Wildman–Crippen MR) is 110 cm³/mol. The van der Waals surface area contributed by atoms with Crippen LogP contribution in [0.25, 0.3) is 0 Å². The van der Waals surface area contributed by atoms with Crippen molar-refractivity contribution in [3.63, 3.8) is 0 Å². The van der Waals surface area contributed by atoms with Crippen LogP contribution in [0.3, 0.4) is 0 Å². The molecule has 29 heavy (non-hydrogen) atoms. The highest BCUT2D eigenvalue weighted by Gasteiger charge is 2.42. The maximum atomic E-state index is 13.1. The fourth-order valence-electron chi connectivity index (χ4n) is 4.29. The first-order valence-corrected chi connectivity index (χ1v) is 10.3. The molecular weight excluding hydrogens is 368 g/mol. The van der Waals surface area contributed by atoms with Crippen LogP contribution >= 0.6 is 0 Å². The van der Waals surface area contributed by atoms with Crippen LogP contribution in [0.1, 0.15) is 42.2 Å². The fraction of sp³-hybridized carbons (Fsp3) is 0.500. The lowest BCUT2D eigenvalue weighted by Gasteiger charge is -2.42. The smallest absolute Gasteiger partial charge is 0.257 e. The summed E-state index contributed by atoms with van der Waals surface area (Å²) in [5.74, 6) is 0.0210. The van der Waals surface area contributed by atoms with Gasteiger partial charge in [-0.25, -0.2) is 0 Å². The Hall–Kier alpha value is -2.67. The standard InChI is InChI=1S/C22H28N4O3/c1-3-25-14-19(17(2)23-25)21(28)24-12-7-10-22(11-13-24)16-26(20(27)15-29-22)18-8-5-4-6-9-18/h4-6,8-9,14H,3,7,10-13,15-16H2,1-2H3. The Morgan fingerprint density at radius 2 is 2.00 bits per heavy atom. The van der Waals surface area contributed by atoms with E-state index >= 15 is 0 Å². The summed E-state index contributed by atoms with van der Waals surface area (Å²) < 4.78 is 7.88. The number of likely N-dealkylation sites (tertiary alicyclic amines) is 1. The van der Waals surface area contributed by atoms with Crippen molar-refractivity contribution in [3.8, 4) is 0 Å². The summed E-state index contributed by atoms with van der Waals surface area (Å²) in [5.41, 5.74) is 1.94. The van der Waals surface area contributed by atoms with E-state index in [1.54, 1.807) is 4.68 Å². The minimum absolute atomic E-state index is 0.0124. The minimum Gasteiger partial charge on any atom is -0.363 e. The van der Waals surface area contributed by atoms with E-state index in [-0.39, 0.29) is 18.4 Å². The van der Waals surface area contributed by atoms with Crippen LogP contribution in [0.4, 0.5) is 5.69 Å². The van der Waals surface area contributed by atoms with Crippen LogP contribution in [0.2, 0.25) is 0 Å².